The van der Waals surface area contributed by atoms with Gasteiger partial charge in [0.15, 0.2) is 0 Å². The number of para-hydroxylation sites is 3. The minimum atomic E-state index is -0.757. The second-order valence-electron chi connectivity index (χ2n) is 9.78. The van der Waals surface area contributed by atoms with Gasteiger partial charge in [0.2, 0.25) is 11.8 Å². The lowest BCUT2D eigenvalue weighted by Gasteiger charge is -2.14. The summed E-state index contributed by atoms with van der Waals surface area (Å²) in [6.07, 6.45) is 0.834. The fourth-order valence-corrected chi connectivity index (χ4v) is 4.78. The molecule has 43 heavy (non-hydrogen) atoms. The van der Waals surface area contributed by atoms with Crippen molar-refractivity contribution in [1.29, 1.82) is 0 Å². The Morgan fingerprint density at radius 3 is 2.19 bits per heavy atom. The lowest BCUT2D eigenvalue weighted by atomic mass is 10.1. The van der Waals surface area contributed by atoms with E-state index in [4.69, 9.17) is 0 Å². The Morgan fingerprint density at radius 2 is 1.44 bits per heavy atom. The number of carbonyl (C=O) groups excluding carboxylic acids is 2. The number of hydrogen-bond acceptors (Lipinski definition) is 6. The molecule has 4 aromatic carbocycles. The Balaban J connectivity index is 1.37. The van der Waals surface area contributed by atoms with E-state index < -0.39 is 28.6 Å². The number of nitrogens with one attached hydrogen (secondary N) is 2. The Kier molecular flexibility index (Phi) is 8.52. The maximum Gasteiger partial charge on any atom is 0.336 e. The molecule has 1 aromatic heterocycles. The van der Waals surface area contributed by atoms with Crippen LogP contribution in [0.25, 0.3) is 16.6 Å². The average molecular weight is 578 g/mol. The molecular formula is C32H27N5O6. The van der Waals surface area contributed by atoms with Crippen molar-refractivity contribution in [2.24, 2.45) is 0 Å². The van der Waals surface area contributed by atoms with Crippen molar-refractivity contribution < 1.29 is 14.5 Å². The molecule has 0 aliphatic rings. The standard InChI is InChI=1S/C32H27N5O6/c38-29(33-19-18-22-8-2-1-3-9-22)20-23-14-16-24(17-15-23)36-31(40)25-10-4-6-12-27(25)35(32(36)41)21-30(39)34-26-11-5-7-13-28(26)37(42)43/h1-17H,18-21H2,(H,33,38)(H,34,39). The van der Waals surface area contributed by atoms with Crippen LogP contribution in [0.4, 0.5) is 11.4 Å². The van der Waals surface area contributed by atoms with Crippen LogP contribution in [-0.4, -0.2) is 32.4 Å². The zero-order valence-corrected chi connectivity index (χ0v) is 22.9. The van der Waals surface area contributed by atoms with Gasteiger partial charge in [-0.05, 0) is 47.9 Å². The number of hydrogen-bond donors (Lipinski definition) is 2. The van der Waals surface area contributed by atoms with Crippen LogP contribution in [0.3, 0.4) is 0 Å². The van der Waals surface area contributed by atoms with E-state index in [0.29, 0.717) is 18.5 Å². The van der Waals surface area contributed by atoms with Crippen LogP contribution in [0.15, 0.2) is 113 Å². The van der Waals surface area contributed by atoms with Crippen molar-refractivity contribution in [3.8, 4) is 5.69 Å². The lowest BCUT2D eigenvalue weighted by Crippen LogP contribution is -2.40. The Bertz CT molecular complexity index is 1930. The van der Waals surface area contributed by atoms with Crippen LogP contribution >= 0.6 is 0 Å². The minimum Gasteiger partial charge on any atom is -0.355 e. The number of amides is 2. The normalized spacial score (nSPS) is 10.8. The van der Waals surface area contributed by atoms with E-state index in [1.165, 1.54) is 18.2 Å². The van der Waals surface area contributed by atoms with Gasteiger partial charge in [0.1, 0.15) is 12.2 Å². The van der Waals surface area contributed by atoms with E-state index in [2.05, 4.69) is 10.6 Å². The van der Waals surface area contributed by atoms with Crippen molar-refractivity contribution in [3.05, 3.63) is 145 Å². The first-order valence-corrected chi connectivity index (χ1v) is 13.5. The largest absolute Gasteiger partial charge is 0.355 e. The summed E-state index contributed by atoms with van der Waals surface area (Å²) in [4.78, 5) is 63.2. The molecule has 0 bridgehead atoms. The fraction of sp³-hybridized carbons (Fsp3) is 0.125. The van der Waals surface area contributed by atoms with Crippen molar-refractivity contribution >= 4 is 34.1 Å². The molecule has 11 nitrogen and oxygen atoms in total. The number of nitro benzene ring substituents is 1. The number of aromatic nitrogens is 2. The zero-order chi connectivity index (χ0) is 30.3. The highest BCUT2D eigenvalue weighted by molar-refractivity contribution is 5.93. The number of rotatable bonds is 10. The van der Waals surface area contributed by atoms with Crippen molar-refractivity contribution in [2.75, 3.05) is 11.9 Å². The Morgan fingerprint density at radius 1 is 0.767 bits per heavy atom. The fourth-order valence-electron chi connectivity index (χ4n) is 4.78. The van der Waals surface area contributed by atoms with E-state index >= 15 is 0 Å². The van der Waals surface area contributed by atoms with E-state index in [-0.39, 0.29) is 40.3 Å². The van der Waals surface area contributed by atoms with Gasteiger partial charge in [0, 0.05) is 12.6 Å². The van der Waals surface area contributed by atoms with Crippen molar-refractivity contribution in [2.45, 2.75) is 19.4 Å². The van der Waals surface area contributed by atoms with Gasteiger partial charge in [-0.3, -0.25) is 29.1 Å². The molecule has 11 heteroatoms. The number of anilines is 1. The van der Waals surface area contributed by atoms with Crippen LogP contribution in [0.2, 0.25) is 0 Å². The van der Waals surface area contributed by atoms with Gasteiger partial charge in [-0.15, -0.1) is 0 Å². The van der Waals surface area contributed by atoms with E-state index in [1.807, 2.05) is 30.3 Å². The van der Waals surface area contributed by atoms with Crippen molar-refractivity contribution in [1.82, 2.24) is 14.5 Å². The molecule has 0 fully saturated rings. The molecule has 0 aliphatic carbocycles. The van der Waals surface area contributed by atoms with E-state index in [9.17, 15) is 29.3 Å². The molecule has 0 radical (unpaired) electrons. The van der Waals surface area contributed by atoms with Crippen LogP contribution in [-0.2, 0) is 29.0 Å². The summed E-state index contributed by atoms with van der Waals surface area (Å²) >= 11 is 0. The predicted octanol–water partition coefficient (Wildman–Crippen LogP) is 3.60. The summed E-state index contributed by atoms with van der Waals surface area (Å²) in [6.45, 7) is 0.00502. The van der Waals surface area contributed by atoms with Gasteiger partial charge in [0.25, 0.3) is 11.2 Å². The SMILES string of the molecule is O=C(Cc1ccc(-n2c(=O)c3ccccc3n(CC(=O)Nc3ccccc3[N+](=O)[O-])c2=O)cc1)NCCc1ccccc1. The van der Waals surface area contributed by atoms with Gasteiger partial charge in [-0.1, -0.05) is 66.7 Å². The van der Waals surface area contributed by atoms with Crippen LogP contribution < -0.4 is 21.9 Å². The average Bonchev–Trinajstić information content (AvgIpc) is 3.01. The maximum absolute atomic E-state index is 13.6. The number of nitro groups is 1. The molecule has 0 atom stereocenters. The van der Waals surface area contributed by atoms with Gasteiger partial charge in [-0.2, -0.15) is 0 Å². The van der Waals surface area contributed by atoms with Crippen LogP contribution in [0, 0.1) is 10.1 Å². The first-order valence-electron chi connectivity index (χ1n) is 13.5. The first kappa shape index (κ1) is 28.7. The molecule has 2 N–H and O–H groups in total. The highest BCUT2D eigenvalue weighted by Crippen LogP contribution is 2.23. The molecular weight excluding hydrogens is 550 g/mol. The molecule has 0 spiro atoms. The van der Waals surface area contributed by atoms with Crippen LogP contribution in [0.1, 0.15) is 11.1 Å². The molecule has 5 aromatic rings. The van der Waals surface area contributed by atoms with Gasteiger partial charge in [0.05, 0.1) is 27.9 Å². The quantitative estimate of drug-likeness (QED) is 0.192. The second-order valence-corrected chi connectivity index (χ2v) is 9.78. The molecule has 5 rings (SSSR count). The molecule has 0 saturated heterocycles. The summed E-state index contributed by atoms with van der Waals surface area (Å²) in [5, 5.41) is 16.9. The molecule has 216 valence electrons. The number of fused-ring (bicyclic) bond motifs is 1. The third-order valence-corrected chi connectivity index (χ3v) is 6.86. The van der Waals surface area contributed by atoms with Gasteiger partial charge < -0.3 is 10.6 Å². The summed E-state index contributed by atoms with van der Waals surface area (Å²) in [7, 11) is 0. The number of benzene rings is 4. The topological polar surface area (TPSA) is 145 Å². The van der Waals surface area contributed by atoms with Gasteiger partial charge >= 0.3 is 5.69 Å². The van der Waals surface area contributed by atoms with Crippen LogP contribution in [0.5, 0.6) is 0 Å². The monoisotopic (exact) mass is 577 g/mol. The van der Waals surface area contributed by atoms with E-state index in [0.717, 1.165) is 14.7 Å². The molecule has 2 amide bonds. The summed E-state index contributed by atoms with van der Waals surface area (Å²) < 4.78 is 2.11. The number of carbonyl (C=O) groups is 2. The summed E-state index contributed by atoms with van der Waals surface area (Å²) in [5.74, 6) is -0.834. The smallest absolute Gasteiger partial charge is 0.336 e. The lowest BCUT2D eigenvalue weighted by molar-refractivity contribution is -0.383. The number of nitrogens with zero attached hydrogens (tertiary/aromatic N) is 3. The van der Waals surface area contributed by atoms with Crippen molar-refractivity contribution in [3.63, 3.8) is 0 Å². The second kappa shape index (κ2) is 12.8. The maximum atomic E-state index is 13.6. The molecule has 1 heterocycles. The van der Waals surface area contributed by atoms with Gasteiger partial charge in [-0.25, -0.2) is 9.36 Å². The Labute approximate surface area is 245 Å². The Hall–Kier alpha value is -5.84. The molecule has 0 unspecified atom stereocenters. The zero-order valence-electron chi connectivity index (χ0n) is 22.9. The predicted molar refractivity (Wildman–Crippen MR) is 162 cm³/mol. The van der Waals surface area contributed by atoms with E-state index in [1.54, 1.807) is 54.6 Å². The summed E-state index contributed by atoms with van der Waals surface area (Å²) in [5.41, 5.74) is 0.703. The molecule has 0 aliphatic heterocycles. The summed E-state index contributed by atoms with van der Waals surface area (Å²) in [6, 6.07) is 28.4. The third-order valence-electron chi connectivity index (χ3n) is 6.86. The highest BCUT2D eigenvalue weighted by Gasteiger charge is 2.19. The highest BCUT2D eigenvalue weighted by atomic mass is 16.6. The minimum absolute atomic E-state index is 0.0112. The third kappa shape index (κ3) is 6.57. The first-order chi connectivity index (χ1) is 20.8. The molecule has 0 saturated carbocycles.